The van der Waals surface area contributed by atoms with Crippen LogP contribution in [0, 0.1) is 0 Å². The van der Waals surface area contributed by atoms with Crippen molar-refractivity contribution in [1.29, 1.82) is 0 Å². The van der Waals surface area contributed by atoms with Crippen molar-refractivity contribution in [3.8, 4) is 0 Å². The Morgan fingerprint density at radius 3 is 2.35 bits per heavy atom. The van der Waals surface area contributed by atoms with E-state index in [9.17, 15) is 4.79 Å². The highest BCUT2D eigenvalue weighted by Crippen LogP contribution is 2.35. The number of morpholine rings is 1. The van der Waals surface area contributed by atoms with E-state index in [2.05, 4.69) is 41.3 Å². The monoisotopic (exact) mass is 371 g/mol. The van der Waals surface area contributed by atoms with Crippen molar-refractivity contribution in [2.45, 2.75) is 38.7 Å². The fraction of sp³-hybridized carbons (Fsp3) is 0.409. The summed E-state index contributed by atoms with van der Waals surface area (Å²) >= 11 is 1.38. The van der Waals surface area contributed by atoms with Gasteiger partial charge in [-0.25, -0.2) is 0 Å². The molecular formula is C22H29NO2S. The molecule has 0 bridgehead atoms. The van der Waals surface area contributed by atoms with Gasteiger partial charge >= 0.3 is 0 Å². The Bertz CT molecular complexity index is 648. The van der Waals surface area contributed by atoms with Gasteiger partial charge in [0.1, 0.15) is 0 Å². The summed E-state index contributed by atoms with van der Waals surface area (Å²) in [6.45, 7) is 9.03. The second-order valence-electron chi connectivity index (χ2n) is 6.07. The molecule has 3 rings (SSSR count). The molecule has 2 unspecified atom stereocenters. The number of thioether (sulfide) groups is 1. The Balaban J connectivity index is 0.00000117. The van der Waals surface area contributed by atoms with Gasteiger partial charge in [0.15, 0.2) is 5.12 Å². The van der Waals surface area contributed by atoms with Gasteiger partial charge in [-0.05, 0) is 11.1 Å². The third-order valence-electron chi connectivity index (χ3n) is 4.19. The van der Waals surface area contributed by atoms with Gasteiger partial charge in [-0.2, -0.15) is 0 Å². The van der Waals surface area contributed by atoms with Gasteiger partial charge < -0.3 is 4.74 Å². The molecule has 1 fully saturated rings. The number of hydrogen-bond acceptors (Lipinski definition) is 4. The molecule has 0 radical (unpaired) electrons. The zero-order valence-corrected chi connectivity index (χ0v) is 16.7. The number of carbonyl (C=O) groups excluding carboxylic acids is 1. The van der Waals surface area contributed by atoms with Crippen molar-refractivity contribution in [2.24, 2.45) is 0 Å². The molecular weight excluding hydrogens is 342 g/mol. The first-order valence-corrected chi connectivity index (χ1v) is 10.2. The number of rotatable bonds is 5. The van der Waals surface area contributed by atoms with Gasteiger partial charge in [-0.15, -0.1) is 0 Å². The molecule has 0 aromatic heterocycles. The zero-order chi connectivity index (χ0) is 18.8. The van der Waals surface area contributed by atoms with Crippen LogP contribution in [0.25, 0.3) is 0 Å². The predicted octanol–water partition coefficient (Wildman–Crippen LogP) is 4.93. The Hall–Kier alpha value is -1.62. The molecule has 0 N–H and O–H groups in total. The summed E-state index contributed by atoms with van der Waals surface area (Å²) in [5.74, 6) is 0. The number of benzene rings is 2. The van der Waals surface area contributed by atoms with Crippen molar-refractivity contribution in [2.75, 3.05) is 19.7 Å². The normalized spacial score (nSPS) is 18.5. The summed E-state index contributed by atoms with van der Waals surface area (Å²) in [5, 5.41) is 0.176. The fourth-order valence-electron chi connectivity index (χ4n) is 3.08. The van der Waals surface area contributed by atoms with E-state index in [1.165, 1.54) is 17.3 Å². The Morgan fingerprint density at radius 1 is 1.12 bits per heavy atom. The molecule has 3 nitrogen and oxygen atoms in total. The fourth-order valence-corrected chi connectivity index (χ4v) is 4.05. The number of hydrogen-bond donors (Lipinski definition) is 0. The Morgan fingerprint density at radius 2 is 1.73 bits per heavy atom. The molecule has 2 aromatic carbocycles. The van der Waals surface area contributed by atoms with Crippen LogP contribution in [0.4, 0.5) is 0 Å². The summed E-state index contributed by atoms with van der Waals surface area (Å²) in [6.07, 6.45) is 0.0266. The van der Waals surface area contributed by atoms with E-state index < -0.39 is 0 Å². The van der Waals surface area contributed by atoms with Gasteiger partial charge in [0.05, 0.1) is 18.0 Å². The largest absolute Gasteiger partial charge is 0.374 e. The van der Waals surface area contributed by atoms with Crippen LogP contribution in [0.15, 0.2) is 60.7 Å². The second-order valence-corrected chi connectivity index (χ2v) is 7.39. The number of ether oxygens (including phenoxy) is 1. The predicted molar refractivity (Wildman–Crippen MR) is 110 cm³/mol. The average Bonchev–Trinajstić information content (AvgIpc) is 2.69. The molecule has 0 spiro atoms. The quantitative estimate of drug-likeness (QED) is 0.745. The van der Waals surface area contributed by atoms with E-state index >= 15 is 0 Å². The molecule has 1 saturated heterocycles. The lowest BCUT2D eigenvalue weighted by Crippen LogP contribution is -2.44. The molecule has 2 atom stereocenters. The summed E-state index contributed by atoms with van der Waals surface area (Å²) in [6, 6.07) is 20.7. The lowest BCUT2D eigenvalue weighted by atomic mass is 10.1. The Labute approximate surface area is 161 Å². The maximum atomic E-state index is 11.7. The molecule has 1 aliphatic heterocycles. The van der Waals surface area contributed by atoms with Crippen molar-refractivity contribution in [3.05, 3.63) is 71.8 Å². The lowest BCUT2D eigenvalue weighted by Gasteiger charge is -2.36. The molecule has 0 amide bonds. The highest BCUT2D eigenvalue weighted by Gasteiger charge is 2.30. The maximum absolute atomic E-state index is 11.7. The molecule has 0 saturated carbocycles. The van der Waals surface area contributed by atoms with Crippen LogP contribution in [0.3, 0.4) is 0 Å². The molecule has 2 aromatic rings. The number of carbonyl (C=O) groups is 1. The van der Waals surface area contributed by atoms with Crippen molar-refractivity contribution in [1.82, 2.24) is 4.90 Å². The highest BCUT2D eigenvalue weighted by molar-refractivity contribution is 8.13. The van der Waals surface area contributed by atoms with Crippen LogP contribution in [0.5, 0.6) is 0 Å². The number of nitrogens with zero attached hydrogens (tertiary/aromatic N) is 1. The molecule has 4 heteroatoms. The summed E-state index contributed by atoms with van der Waals surface area (Å²) < 4.78 is 6.05. The van der Waals surface area contributed by atoms with E-state index in [1.807, 2.05) is 38.1 Å². The van der Waals surface area contributed by atoms with Crippen LogP contribution in [-0.4, -0.2) is 35.8 Å². The minimum Gasteiger partial charge on any atom is -0.374 e. The molecule has 1 heterocycles. The van der Waals surface area contributed by atoms with Gasteiger partial charge in [0.25, 0.3) is 0 Å². The zero-order valence-electron chi connectivity index (χ0n) is 15.9. The average molecular weight is 372 g/mol. The van der Waals surface area contributed by atoms with Crippen molar-refractivity contribution < 1.29 is 9.53 Å². The van der Waals surface area contributed by atoms with E-state index in [0.717, 1.165) is 25.2 Å². The standard InChI is InChI=1S/C20H23NO2S.C2H6/c1-16(22)24-20(18-10-6-3-7-11-18)19-15-21(12-13-23-19)14-17-8-4-2-5-9-17;1-2/h2-11,19-20H,12-15H2,1H3;1-2H3. The minimum absolute atomic E-state index is 0.0266. The first-order chi connectivity index (χ1) is 12.7. The first-order valence-electron chi connectivity index (χ1n) is 9.32. The van der Waals surface area contributed by atoms with Crippen LogP contribution in [-0.2, 0) is 16.1 Å². The van der Waals surface area contributed by atoms with Gasteiger partial charge in [-0.1, -0.05) is 86.3 Å². The second kappa shape index (κ2) is 11.2. The Kier molecular flexibility index (Phi) is 8.89. The summed E-state index contributed by atoms with van der Waals surface area (Å²) in [7, 11) is 0. The lowest BCUT2D eigenvalue weighted by molar-refractivity contribution is -0.109. The van der Waals surface area contributed by atoms with Crippen LogP contribution in [0.1, 0.15) is 37.1 Å². The highest BCUT2D eigenvalue weighted by atomic mass is 32.2. The van der Waals surface area contributed by atoms with E-state index in [-0.39, 0.29) is 16.5 Å². The minimum atomic E-state index is 0.0266. The molecule has 1 aliphatic rings. The third-order valence-corrected chi connectivity index (χ3v) is 5.35. The van der Waals surface area contributed by atoms with E-state index in [0.29, 0.717) is 6.61 Å². The molecule has 140 valence electrons. The van der Waals surface area contributed by atoms with Gasteiger partial charge in [-0.3, -0.25) is 9.69 Å². The molecule has 26 heavy (non-hydrogen) atoms. The van der Waals surface area contributed by atoms with Crippen LogP contribution < -0.4 is 0 Å². The summed E-state index contributed by atoms with van der Waals surface area (Å²) in [5.41, 5.74) is 2.47. The van der Waals surface area contributed by atoms with Crippen molar-refractivity contribution in [3.63, 3.8) is 0 Å². The topological polar surface area (TPSA) is 29.5 Å². The van der Waals surface area contributed by atoms with Gasteiger partial charge in [0.2, 0.25) is 0 Å². The van der Waals surface area contributed by atoms with Crippen molar-refractivity contribution >= 4 is 16.9 Å². The third kappa shape index (κ3) is 6.27. The first kappa shape index (κ1) is 20.7. The van der Waals surface area contributed by atoms with Crippen LogP contribution in [0.2, 0.25) is 0 Å². The van der Waals surface area contributed by atoms with E-state index in [4.69, 9.17) is 4.74 Å². The smallest absolute Gasteiger partial charge is 0.186 e. The van der Waals surface area contributed by atoms with Crippen LogP contribution >= 0.6 is 11.8 Å². The maximum Gasteiger partial charge on any atom is 0.186 e. The SMILES string of the molecule is CC.CC(=O)SC(c1ccccc1)C1CN(Cc2ccccc2)CCO1. The molecule has 0 aliphatic carbocycles. The van der Waals surface area contributed by atoms with Gasteiger partial charge in [0, 0.05) is 26.6 Å². The van der Waals surface area contributed by atoms with E-state index in [1.54, 1.807) is 6.92 Å². The summed E-state index contributed by atoms with van der Waals surface area (Å²) in [4.78, 5) is 14.2.